The van der Waals surface area contributed by atoms with Crippen LogP contribution in [0, 0.1) is 11.3 Å². The lowest BCUT2D eigenvalue weighted by Gasteiger charge is -2.17. The van der Waals surface area contributed by atoms with E-state index in [4.69, 9.17) is 0 Å². The summed E-state index contributed by atoms with van der Waals surface area (Å²) in [6.45, 7) is -2.92. The van der Waals surface area contributed by atoms with Crippen molar-refractivity contribution in [2.75, 3.05) is 5.32 Å². The second-order valence-electron chi connectivity index (χ2n) is 3.99. The van der Waals surface area contributed by atoms with E-state index in [9.17, 15) is 14.0 Å². The minimum absolute atomic E-state index is 0.00233. The molecular formula is C15H12F2N2O. The van der Waals surface area contributed by atoms with Gasteiger partial charge in [-0.15, -0.1) is 0 Å². The van der Waals surface area contributed by atoms with Crippen LogP contribution in [-0.2, 0) is 0 Å². The minimum Gasteiger partial charge on any atom is -0.434 e. The molecule has 0 aliphatic heterocycles. The molecule has 1 unspecified atom stereocenters. The van der Waals surface area contributed by atoms with Crippen LogP contribution in [0.25, 0.3) is 0 Å². The number of para-hydroxylation sites is 2. The summed E-state index contributed by atoms with van der Waals surface area (Å²) in [5.74, 6) is -0.00233. The van der Waals surface area contributed by atoms with Crippen molar-refractivity contribution in [3.63, 3.8) is 0 Å². The van der Waals surface area contributed by atoms with E-state index in [1.807, 2.05) is 24.3 Å². The molecule has 0 bridgehead atoms. The normalized spacial score (nSPS) is 11.7. The first-order valence-electron chi connectivity index (χ1n) is 5.95. The van der Waals surface area contributed by atoms with Gasteiger partial charge in [-0.05, 0) is 18.2 Å². The number of nitrogens with one attached hydrogen (secondary N) is 1. The predicted molar refractivity (Wildman–Crippen MR) is 71.5 cm³/mol. The first kappa shape index (κ1) is 13.8. The largest absolute Gasteiger partial charge is 0.434 e. The van der Waals surface area contributed by atoms with Gasteiger partial charge in [0.25, 0.3) is 0 Å². The molecule has 1 N–H and O–H groups in total. The molecule has 0 heterocycles. The zero-order valence-corrected chi connectivity index (χ0v) is 10.5. The summed E-state index contributed by atoms with van der Waals surface area (Å²) < 4.78 is 29.2. The number of nitriles is 1. The van der Waals surface area contributed by atoms with Crippen molar-refractivity contribution < 1.29 is 13.5 Å². The zero-order valence-electron chi connectivity index (χ0n) is 10.5. The molecular weight excluding hydrogens is 262 g/mol. The van der Waals surface area contributed by atoms with Crippen molar-refractivity contribution >= 4 is 5.69 Å². The highest BCUT2D eigenvalue weighted by atomic mass is 19.3. The van der Waals surface area contributed by atoms with Crippen LogP contribution < -0.4 is 10.1 Å². The smallest absolute Gasteiger partial charge is 0.387 e. The summed E-state index contributed by atoms with van der Waals surface area (Å²) in [6, 6.07) is 16.6. The Hall–Kier alpha value is -2.61. The number of benzene rings is 2. The van der Waals surface area contributed by atoms with E-state index in [0.717, 1.165) is 5.69 Å². The van der Waals surface area contributed by atoms with Crippen LogP contribution in [0.5, 0.6) is 5.75 Å². The van der Waals surface area contributed by atoms with Gasteiger partial charge in [0, 0.05) is 11.3 Å². The fourth-order valence-electron chi connectivity index (χ4n) is 1.80. The highest BCUT2D eigenvalue weighted by Crippen LogP contribution is 2.28. The van der Waals surface area contributed by atoms with Gasteiger partial charge in [-0.2, -0.15) is 14.0 Å². The SMILES string of the molecule is N#CC(Nc1ccccc1)c1ccccc1OC(F)F. The van der Waals surface area contributed by atoms with Crippen molar-refractivity contribution in [1.82, 2.24) is 0 Å². The number of nitrogens with zero attached hydrogens (tertiary/aromatic N) is 1. The van der Waals surface area contributed by atoms with Crippen LogP contribution in [-0.4, -0.2) is 6.61 Å². The van der Waals surface area contributed by atoms with Gasteiger partial charge in [-0.1, -0.05) is 36.4 Å². The van der Waals surface area contributed by atoms with Crippen LogP contribution >= 0.6 is 0 Å². The Kier molecular flexibility index (Phi) is 4.51. The van der Waals surface area contributed by atoms with Gasteiger partial charge in [-0.25, -0.2) is 0 Å². The first-order valence-corrected chi connectivity index (χ1v) is 5.95. The van der Waals surface area contributed by atoms with Crippen molar-refractivity contribution in [2.45, 2.75) is 12.7 Å². The van der Waals surface area contributed by atoms with E-state index < -0.39 is 12.7 Å². The lowest BCUT2D eigenvalue weighted by atomic mass is 10.1. The van der Waals surface area contributed by atoms with Crippen LogP contribution in [0.15, 0.2) is 54.6 Å². The zero-order chi connectivity index (χ0) is 14.4. The Morgan fingerprint density at radius 2 is 1.65 bits per heavy atom. The lowest BCUT2D eigenvalue weighted by molar-refractivity contribution is -0.0504. The topological polar surface area (TPSA) is 45.0 Å². The number of hydrogen-bond acceptors (Lipinski definition) is 3. The molecule has 20 heavy (non-hydrogen) atoms. The van der Waals surface area contributed by atoms with Crippen molar-refractivity contribution in [3.05, 3.63) is 60.2 Å². The van der Waals surface area contributed by atoms with Crippen molar-refractivity contribution in [2.24, 2.45) is 0 Å². The van der Waals surface area contributed by atoms with Gasteiger partial charge in [0.15, 0.2) is 0 Å². The molecule has 0 saturated heterocycles. The molecule has 0 aliphatic carbocycles. The summed E-state index contributed by atoms with van der Waals surface area (Å²) in [4.78, 5) is 0. The fraction of sp³-hybridized carbons (Fsp3) is 0.133. The predicted octanol–water partition coefficient (Wildman–Crippen LogP) is 3.96. The molecule has 1 atom stereocenters. The maximum absolute atomic E-state index is 12.4. The molecule has 5 heteroatoms. The summed E-state index contributed by atoms with van der Waals surface area (Å²) in [5, 5.41) is 12.2. The number of hydrogen-bond donors (Lipinski definition) is 1. The van der Waals surface area contributed by atoms with Crippen molar-refractivity contribution in [1.29, 1.82) is 5.26 Å². The van der Waals surface area contributed by atoms with E-state index in [1.54, 1.807) is 30.3 Å². The molecule has 0 aliphatic rings. The fourth-order valence-corrected chi connectivity index (χ4v) is 1.80. The Balaban J connectivity index is 2.26. The molecule has 0 spiro atoms. The third-order valence-electron chi connectivity index (χ3n) is 2.66. The molecule has 2 rings (SSSR count). The standard InChI is InChI=1S/C15H12F2N2O/c16-15(17)20-14-9-5-4-8-12(14)13(10-18)19-11-6-2-1-3-7-11/h1-9,13,15,19H. The third-order valence-corrected chi connectivity index (χ3v) is 2.66. The van der Waals surface area contributed by atoms with E-state index in [2.05, 4.69) is 10.1 Å². The molecule has 0 saturated carbocycles. The maximum Gasteiger partial charge on any atom is 0.387 e. The molecule has 2 aromatic rings. The molecule has 2 aromatic carbocycles. The summed E-state index contributed by atoms with van der Waals surface area (Å²) in [5.41, 5.74) is 1.10. The van der Waals surface area contributed by atoms with Crippen molar-refractivity contribution in [3.8, 4) is 11.8 Å². The van der Waals surface area contributed by atoms with Crippen LogP contribution in [0.1, 0.15) is 11.6 Å². The summed E-state index contributed by atoms with van der Waals surface area (Å²) >= 11 is 0. The second kappa shape index (κ2) is 6.53. The monoisotopic (exact) mass is 274 g/mol. The average molecular weight is 274 g/mol. The quantitative estimate of drug-likeness (QED) is 0.897. The minimum atomic E-state index is -2.92. The lowest BCUT2D eigenvalue weighted by Crippen LogP contribution is -2.12. The number of alkyl halides is 2. The van der Waals surface area contributed by atoms with Gasteiger partial charge in [0.05, 0.1) is 6.07 Å². The summed E-state index contributed by atoms with van der Waals surface area (Å²) in [7, 11) is 0. The highest BCUT2D eigenvalue weighted by molar-refractivity contribution is 5.50. The Morgan fingerprint density at radius 1 is 1.00 bits per heavy atom. The maximum atomic E-state index is 12.4. The number of rotatable bonds is 5. The van der Waals surface area contributed by atoms with Gasteiger partial charge < -0.3 is 10.1 Å². The van der Waals surface area contributed by atoms with E-state index in [-0.39, 0.29) is 5.75 Å². The number of ether oxygens (including phenoxy) is 1. The highest BCUT2D eigenvalue weighted by Gasteiger charge is 2.17. The molecule has 0 amide bonds. The molecule has 0 fully saturated rings. The van der Waals surface area contributed by atoms with Gasteiger partial charge in [-0.3, -0.25) is 0 Å². The van der Waals surface area contributed by atoms with E-state index in [1.165, 1.54) is 6.07 Å². The van der Waals surface area contributed by atoms with Crippen LogP contribution in [0.3, 0.4) is 0 Å². The third kappa shape index (κ3) is 3.45. The number of halogens is 2. The first-order chi connectivity index (χ1) is 9.70. The van der Waals surface area contributed by atoms with Crippen LogP contribution in [0.4, 0.5) is 14.5 Å². The molecule has 0 radical (unpaired) electrons. The summed E-state index contributed by atoms with van der Waals surface area (Å²) in [6.07, 6.45) is 0. The Morgan fingerprint density at radius 3 is 2.30 bits per heavy atom. The second-order valence-corrected chi connectivity index (χ2v) is 3.99. The molecule has 102 valence electrons. The Bertz CT molecular complexity index is 596. The van der Waals surface area contributed by atoms with Crippen LogP contribution in [0.2, 0.25) is 0 Å². The molecule has 3 nitrogen and oxygen atoms in total. The van der Waals surface area contributed by atoms with Gasteiger partial charge >= 0.3 is 6.61 Å². The average Bonchev–Trinajstić information content (AvgIpc) is 2.46. The number of anilines is 1. The Labute approximate surface area is 115 Å². The van der Waals surface area contributed by atoms with E-state index >= 15 is 0 Å². The van der Waals surface area contributed by atoms with E-state index in [0.29, 0.717) is 5.56 Å². The van der Waals surface area contributed by atoms with Gasteiger partial charge in [0.2, 0.25) is 0 Å². The molecule has 0 aromatic heterocycles. The van der Waals surface area contributed by atoms with Gasteiger partial charge in [0.1, 0.15) is 11.8 Å².